The number of carbonyl (C=O) groups is 1. The molecule has 2 N–H and O–H groups in total. The Labute approximate surface area is 115 Å². The van der Waals surface area contributed by atoms with Crippen LogP contribution in [0.3, 0.4) is 0 Å². The maximum atomic E-state index is 10.7. The van der Waals surface area contributed by atoms with Crippen LogP contribution in [0.5, 0.6) is 0 Å². The zero-order valence-electron chi connectivity index (χ0n) is 11.8. The van der Waals surface area contributed by atoms with Gasteiger partial charge >= 0.3 is 5.97 Å². The Bertz CT molecular complexity index is 368. The minimum Gasteiger partial charge on any atom is -0.481 e. The fraction of sp³-hybridized carbons (Fsp3) is 0.600. The van der Waals surface area contributed by atoms with Crippen LogP contribution in [0.4, 0.5) is 0 Å². The topological polar surface area (TPSA) is 62.2 Å². The molecule has 4 nitrogen and oxygen atoms in total. The lowest BCUT2D eigenvalue weighted by molar-refractivity contribution is -0.141. The van der Waals surface area contributed by atoms with Gasteiger partial charge in [-0.3, -0.25) is 9.78 Å². The maximum Gasteiger partial charge on any atom is 0.306 e. The summed E-state index contributed by atoms with van der Waals surface area (Å²) in [6, 6.07) is 4.49. The SMILES string of the molecule is CC(CCCC(C)C(=O)O)NCCc1ccncc1. The molecule has 2 unspecified atom stereocenters. The summed E-state index contributed by atoms with van der Waals surface area (Å²) in [5, 5.41) is 12.3. The van der Waals surface area contributed by atoms with E-state index in [2.05, 4.69) is 17.2 Å². The predicted molar refractivity (Wildman–Crippen MR) is 76.1 cm³/mol. The van der Waals surface area contributed by atoms with Crippen LogP contribution in [0.1, 0.15) is 38.7 Å². The molecule has 4 heteroatoms. The van der Waals surface area contributed by atoms with Crippen molar-refractivity contribution in [2.45, 2.75) is 45.6 Å². The summed E-state index contributed by atoms with van der Waals surface area (Å²) in [7, 11) is 0. The van der Waals surface area contributed by atoms with Gasteiger partial charge in [0.25, 0.3) is 0 Å². The van der Waals surface area contributed by atoms with E-state index in [1.54, 1.807) is 6.92 Å². The highest BCUT2D eigenvalue weighted by molar-refractivity contribution is 5.69. The molecule has 0 saturated heterocycles. The third-order valence-corrected chi connectivity index (χ3v) is 3.35. The summed E-state index contributed by atoms with van der Waals surface area (Å²) in [5.74, 6) is -0.928. The molecule has 0 saturated carbocycles. The Balaban J connectivity index is 2.08. The molecule has 1 rings (SSSR count). The molecule has 2 atom stereocenters. The Hall–Kier alpha value is -1.42. The number of hydrogen-bond acceptors (Lipinski definition) is 3. The molecule has 0 fully saturated rings. The second-order valence-electron chi connectivity index (χ2n) is 5.13. The number of aromatic nitrogens is 1. The average molecular weight is 264 g/mol. The largest absolute Gasteiger partial charge is 0.481 e. The molecule has 106 valence electrons. The van der Waals surface area contributed by atoms with Crippen molar-refractivity contribution in [1.82, 2.24) is 10.3 Å². The summed E-state index contributed by atoms with van der Waals surface area (Å²) < 4.78 is 0. The van der Waals surface area contributed by atoms with Crippen molar-refractivity contribution in [2.24, 2.45) is 5.92 Å². The quantitative estimate of drug-likeness (QED) is 0.719. The zero-order chi connectivity index (χ0) is 14.1. The van der Waals surface area contributed by atoms with Crippen molar-refractivity contribution in [2.75, 3.05) is 6.54 Å². The molecule has 0 aromatic carbocycles. The van der Waals surface area contributed by atoms with Crippen molar-refractivity contribution in [3.63, 3.8) is 0 Å². The van der Waals surface area contributed by atoms with Crippen LogP contribution in [-0.4, -0.2) is 28.6 Å². The number of aliphatic carboxylic acids is 1. The summed E-state index contributed by atoms with van der Waals surface area (Å²) in [6.07, 6.45) is 7.35. The standard InChI is InChI=1S/C15H24N2O2/c1-12(15(18)19)4-3-5-13(2)17-11-8-14-6-9-16-10-7-14/h6-7,9-10,12-13,17H,3-5,8,11H2,1-2H3,(H,18,19). The average Bonchev–Trinajstić information content (AvgIpc) is 2.39. The van der Waals surface area contributed by atoms with Crippen LogP contribution >= 0.6 is 0 Å². The monoisotopic (exact) mass is 264 g/mol. The highest BCUT2D eigenvalue weighted by atomic mass is 16.4. The van der Waals surface area contributed by atoms with Crippen molar-refractivity contribution in [3.8, 4) is 0 Å². The van der Waals surface area contributed by atoms with Gasteiger partial charge in [0.1, 0.15) is 0 Å². The number of carboxylic acid groups (broad SMARTS) is 1. The van der Waals surface area contributed by atoms with Crippen LogP contribution in [-0.2, 0) is 11.2 Å². The van der Waals surface area contributed by atoms with Crippen LogP contribution in [0.15, 0.2) is 24.5 Å². The van der Waals surface area contributed by atoms with Crippen molar-refractivity contribution < 1.29 is 9.90 Å². The molecule has 19 heavy (non-hydrogen) atoms. The summed E-state index contributed by atoms with van der Waals surface area (Å²) in [5.41, 5.74) is 1.29. The summed E-state index contributed by atoms with van der Waals surface area (Å²) in [4.78, 5) is 14.7. The van der Waals surface area contributed by atoms with Gasteiger partial charge in [-0.25, -0.2) is 0 Å². The number of rotatable bonds is 9. The normalized spacial score (nSPS) is 14.0. The summed E-state index contributed by atoms with van der Waals surface area (Å²) >= 11 is 0. The first-order valence-electron chi connectivity index (χ1n) is 6.94. The van der Waals surface area contributed by atoms with Gasteiger partial charge in [-0.15, -0.1) is 0 Å². The molecular weight excluding hydrogens is 240 g/mol. The highest BCUT2D eigenvalue weighted by Gasteiger charge is 2.10. The van der Waals surface area contributed by atoms with Gasteiger partial charge in [-0.05, 0) is 50.4 Å². The van der Waals surface area contributed by atoms with Gasteiger partial charge < -0.3 is 10.4 Å². The highest BCUT2D eigenvalue weighted by Crippen LogP contribution is 2.09. The first kappa shape index (κ1) is 15.6. The Morgan fingerprint density at radius 1 is 1.32 bits per heavy atom. The van der Waals surface area contributed by atoms with Crippen molar-refractivity contribution in [1.29, 1.82) is 0 Å². The van der Waals surface area contributed by atoms with Gasteiger partial charge in [0.2, 0.25) is 0 Å². The molecule has 0 aliphatic carbocycles. The number of pyridine rings is 1. The molecule has 0 radical (unpaired) electrons. The lowest BCUT2D eigenvalue weighted by atomic mass is 10.0. The zero-order valence-corrected chi connectivity index (χ0v) is 11.8. The third kappa shape index (κ3) is 6.91. The first-order valence-corrected chi connectivity index (χ1v) is 6.94. The molecule has 0 bridgehead atoms. The van der Waals surface area contributed by atoms with Gasteiger partial charge in [-0.1, -0.05) is 13.3 Å². The van der Waals surface area contributed by atoms with E-state index >= 15 is 0 Å². The molecule has 1 aromatic rings. The van der Waals surface area contributed by atoms with Crippen LogP contribution in [0, 0.1) is 5.92 Å². The number of carboxylic acids is 1. The van der Waals surface area contributed by atoms with E-state index in [1.807, 2.05) is 24.5 Å². The van der Waals surface area contributed by atoms with Crippen molar-refractivity contribution in [3.05, 3.63) is 30.1 Å². The summed E-state index contributed by atoms with van der Waals surface area (Å²) in [6.45, 7) is 4.86. The molecule has 0 aliphatic rings. The Morgan fingerprint density at radius 3 is 2.63 bits per heavy atom. The molecule has 1 aromatic heterocycles. The maximum absolute atomic E-state index is 10.7. The van der Waals surface area contributed by atoms with Gasteiger partial charge in [0.15, 0.2) is 0 Å². The van der Waals surface area contributed by atoms with E-state index < -0.39 is 5.97 Å². The lowest BCUT2D eigenvalue weighted by Crippen LogP contribution is -2.28. The minimum absolute atomic E-state index is 0.232. The van der Waals surface area contributed by atoms with E-state index in [0.29, 0.717) is 6.04 Å². The smallest absolute Gasteiger partial charge is 0.306 e. The fourth-order valence-electron chi connectivity index (χ4n) is 1.97. The number of nitrogens with one attached hydrogen (secondary N) is 1. The van der Waals surface area contributed by atoms with E-state index in [4.69, 9.17) is 5.11 Å². The van der Waals surface area contributed by atoms with E-state index in [9.17, 15) is 4.79 Å². The predicted octanol–water partition coefficient (Wildman–Crippen LogP) is 2.49. The van der Waals surface area contributed by atoms with E-state index in [0.717, 1.165) is 32.2 Å². The van der Waals surface area contributed by atoms with Crippen LogP contribution in [0.2, 0.25) is 0 Å². The second-order valence-corrected chi connectivity index (χ2v) is 5.13. The second kappa shape index (κ2) is 8.64. The van der Waals surface area contributed by atoms with Crippen molar-refractivity contribution >= 4 is 5.97 Å². The number of hydrogen-bond donors (Lipinski definition) is 2. The fourth-order valence-corrected chi connectivity index (χ4v) is 1.97. The lowest BCUT2D eigenvalue weighted by Gasteiger charge is -2.14. The molecule has 1 heterocycles. The third-order valence-electron chi connectivity index (χ3n) is 3.35. The Morgan fingerprint density at radius 2 is 2.00 bits per heavy atom. The molecule has 0 spiro atoms. The van der Waals surface area contributed by atoms with Crippen LogP contribution < -0.4 is 5.32 Å². The minimum atomic E-state index is -0.696. The number of nitrogens with zero attached hydrogens (tertiary/aromatic N) is 1. The van der Waals surface area contributed by atoms with Gasteiger partial charge in [-0.2, -0.15) is 0 Å². The molecule has 0 amide bonds. The van der Waals surface area contributed by atoms with E-state index in [1.165, 1.54) is 5.56 Å². The Kier molecular flexibility index (Phi) is 7.11. The van der Waals surface area contributed by atoms with E-state index in [-0.39, 0.29) is 5.92 Å². The van der Waals surface area contributed by atoms with Crippen LogP contribution in [0.25, 0.3) is 0 Å². The van der Waals surface area contributed by atoms with Gasteiger partial charge in [0.05, 0.1) is 5.92 Å². The molecule has 0 aliphatic heterocycles. The first-order chi connectivity index (χ1) is 9.09. The van der Waals surface area contributed by atoms with Gasteiger partial charge in [0, 0.05) is 18.4 Å². The molecular formula is C15H24N2O2.